The minimum atomic E-state index is -0.922. The Morgan fingerprint density at radius 2 is 2.15 bits per heavy atom. The Kier molecular flexibility index (Phi) is 6.91. The largest absolute Gasteiger partial charge is 0.481 e. The highest BCUT2D eigenvalue weighted by molar-refractivity contribution is 5.77. The maximum absolute atomic E-state index is 10.9. The third kappa shape index (κ3) is 8.81. The second kappa shape index (κ2) is 7.54. The lowest BCUT2D eigenvalue weighted by Crippen LogP contribution is -2.29. The summed E-state index contributed by atoms with van der Waals surface area (Å²) in [6.07, 6.45) is 0.807. The molecule has 0 aliphatic rings. The van der Waals surface area contributed by atoms with Crippen LogP contribution in [0.2, 0.25) is 0 Å². The van der Waals surface area contributed by atoms with E-state index in [1.165, 1.54) is 0 Å². The van der Waals surface area contributed by atoms with Gasteiger partial charge >= 0.3 is 5.97 Å². The predicted molar refractivity (Wildman–Crippen MR) is 46.4 cm³/mol. The van der Waals surface area contributed by atoms with Crippen LogP contribution in [-0.4, -0.2) is 36.7 Å². The Hall–Kier alpha value is -1.10. The standard InChI is InChI=1S/C8H15NO4/c1-2-5-13-6-7(10)9-4-3-8(11)12/h2-6H2,1H3,(H,9,10)(H,11,12). The minimum Gasteiger partial charge on any atom is -0.481 e. The number of rotatable bonds is 7. The number of carboxylic acid groups (broad SMARTS) is 1. The van der Waals surface area contributed by atoms with Crippen molar-refractivity contribution in [2.75, 3.05) is 19.8 Å². The van der Waals surface area contributed by atoms with E-state index in [0.29, 0.717) is 6.61 Å². The second-order valence-corrected chi connectivity index (χ2v) is 2.55. The zero-order valence-electron chi connectivity index (χ0n) is 7.71. The Morgan fingerprint density at radius 1 is 1.46 bits per heavy atom. The SMILES string of the molecule is CCCOCC(=O)NCCC(=O)O. The Balaban J connectivity index is 3.25. The summed E-state index contributed by atoms with van der Waals surface area (Å²) >= 11 is 0. The molecule has 2 N–H and O–H groups in total. The number of hydrogen-bond acceptors (Lipinski definition) is 3. The number of hydrogen-bond donors (Lipinski definition) is 2. The highest BCUT2D eigenvalue weighted by atomic mass is 16.5. The molecule has 0 rings (SSSR count). The third-order valence-electron chi connectivity index (χ3n) is 1.24. The summed E-state index contributed by atoms with van der Waals surface area (Å²) in [6, 6.07) is 0. The average Bonchev–Trinajstić information content (AvgIpc) is 2.04. The van der Waals surface area contributed by atoms with Crippen LogP contribution in [0, 0.1) is 0 Å². The van der Waals surface area contributed by atoms with Gasteiger partial charge in [-0.25, -0.2) is 0 Å². The Labute approximate surface area is 77.1 Å². The van der Waals surface area contributed by atoms with Gasteiger partial charge in [0.15, 0.2) is 0 Å². The highest BCUT2D eigenvalue weighted by Gasteiger charge is 2.01. The Bertz CT molecular complexity index is 170. The molecule has 0 aromatic carbocycles. The van der Waals surface area contributed by atoms with Gasteiger partial charge in [-0.15, -0.1) is 0 Å². The number of nitrogens with one attached hydrogen (secondary N) is 1. The normalized spacial score (nSPS) is 9.62. The van der Waals surface area contributed by atoms with Gasteiger partial charge in [-0.3, -0.25) is 9.59 Å². The predicted octanol–water partition coefficient (Wildman–Crippen LogP) is 0.00390. The maximum atomic E-state index is 10.9. The first-order valence-corrected chi connectivity index (χ1v) is 4.23. The minimum absolute atomic E-state index is 0.00740. The molecule has 0 unspecified atom stereocenters. The lowest BCUT2D eigenvalue weighted by molar-refractivity contribution is -0.137. The second-order valence-electron chi connectivity index (χ2n) is 2.55. The molecule has 0 aromatic heterocycles. The fourth-order valence-corrected chi connectivity index (χ4v) is 0.669. The van der Waals surface area contributed by atoms with Gasteiger partial charge in [0.1, 0.15) is 6.61 Å². The van der Waals surface area contributed by atoms with E-state index in [2.05, 4.69) is 5.32 Å². The smallest absolute Gasteiger partial charge is 0.305 e. The molecule has 0 heterocycles. The monoisotopic (exact) mass is 189 g/mol. The van der Waals surface area contributed by atoms with Gasteiger partial charge in [0, 0.05) is 13.2 Å². The summed E-state index contributed by atoms with van der Waals surface area (Å²) in [5, 5.41) is 10.7. The summed E-state index contributed by atoms with van der Waals surface area (Å²) < 4.78 is 4.94. The number of carbonyl (C=O) groups excluding carboxylic acids is 1. The molecule has 5 heteroatoms. The first-order valence-electron chi connectivity index (χ1n) is 4.23. The van der Waals surface area contributed by atoms with Crippen LogP contribution in [0.3, 0.4) is 0 Å². The van der Waals surface area contributed by atoms with Crippen LogP contribution in [0.5, 0.6) is 0 Å². The fourth-order valence-electron chi connectivity index (χ4n) is 0.669. The van der Waals surface area contributed by atoms with Crippen molar-refractivity contribution >= 4 is 11.9 Å². The third-order valence-corrected chi connectivity index (χ3v) is 1.24. The van der Waals surface area contributed by atoms with E-state index in [4.69, 9.17) is 9.84 Å². The van der Waals surface area contributed by atoms with E-state index in [-0.39, 0.29) is 25.5 Å². The van der Waals surface area contributed by atoms with Gasteiger partial charge in [0.2, 0.25) is 5.91 Å². The fraction of sp³-hybridized carbons (Fsp3) is 0.750. The quantitative estimate of drug-likeness (QED) is 0.553. The van der Waals surface area contributed by atoms with Gasteiger partial charge in [-0.1, -0.05) is 6.92 Å². The maximum Gasteiger partial charge on any atom is 0.305 e. The van der Waals surface area contributed by atoms with Gasteiger partial charge in [0.25, 0.3) is 0 Å². The van der Waals surface area contributed by atoms with Crippen molar-refractivity contribution in [3.05, 3.63) is 0 Å². The molecular formula is C8H15NO4. The molecule has 0 fully saturated rings. The molecule has 0 bridgehead atoms. The molecule has 5 nitrogen and oxygen atoms in total. The van der Waals surface area contributed by atoms with E-state index in [1.807, 2.05) is 6.92 Å². The van der Waals surface area contributed by atoms with E-state index in [0.717, 1.165) is 6.42 Å². The zero-order valence-corrected chi connectivity index (χ0v) is 7.71. The summed E-state index contributed by atoms with van der Waals surface area (Å²) in [5.41, 5.74) is 0. The summed E-state index contributed by atoms with van der Waals surface area (Å²) in [5.74, 6) is -1.19. The topological polar surface area (TPSA) is 75.6 Å². The number of aliphatic carboxylic acids is 1. The van der Waals surface area contributed by atoms with Crippen molar-refractivity contribution in [1.82, 2.24) is 5.32 Å². The van der Waals surface area contributed by atoms with Crippen molar-refractivity contribution in [3.8, 4) is 0 Å². The summed E-state index contributed by atoms with van der Waals surface area (Å²) in [4.78, 5) is 20.9. The van der Waals surface area contributed by atoms with E-state index < -0.39 is 5.97 Å². The molecule has 0 aliphatic heterocycles. The van der Waals surface area contributed by atoms with E-state index >= 15 is 0 Å². The van der Waals surface area contributed by atoms with Crippen molar-refractivity contribution < 1.29 is 19.4 Å². The first-order chi connectivity index (χ1) is 6.16. The molecule has 76 valence electrons. The molecule has 0 saturated heterocycles. The van der Waals surface area contributed by atoms with Crippen molar-refractivity contribution in [2.24, 2.45) is 0 Å². The number of amides is 1. The molecule has 0 spiro atoms. The number of ether oxygens (including phenoxy) is 1. The summed E-state index contributed by atoms with van der Waals surface area (Å²) in [6.45, 7) is 2.66. The molecule has 0 aromatic rings. The van der Waals surface area contributed by atoms with Crippen molar-refractivity contribution in [2.45, 2.75) is 19.8 Å². The van der Waals surface area contributed by atoms with Gasteiger partial charge in [0.05, 0.1) is 6.42 Å². The van der Waals surface area contributed by atoms with Crippen molar-refractivity contribution in [1.29, 1.82) is 0 Å². The van der Waals surface area contributed by atoms with Crippen LogP contribution in [0.1, 0.15) is 19.8 Å². The molecule has 0 aliphatic carbocycles. The van der Waals surface area contributed by atoms with Crippen LogP contribution in [0.25, 0.3) is 0 Å². The molecule has 13 heavy (non-hydrogen) atoms. The van der Waals surface area contributed by atoms with Crippen LogP contribution < -0.4 is 5.32 Å². The number of carboxylic acids is 1. The van der Waals surface area contributed by atoms with Crippen LogP contribution >= 0.6 is 0 Å². The van der Waals surface area contributed by atoms with Gasteiger partial charge < -0.3 is 15.2 Å². The lowest BCUT2D eigenvalue weighted by Gasteiger charge is -2.03. The van der Waals surface area contributed by atoms with Crippen LogP contribution in [0.15, 0.2) is 0 Å². The summed E-state index contributed by atoms with van der Waals surface area (Å²) in [7, 11) is 0. The molecule has 0 atom stereocenters. The zero-order chi connectivity index (χ0) is 10.1. The van der Waals surface area contributed by atoms with Crippen molar-refractivity contribution in [3.63, 3.8) is 0 Å². The van der Waals surface area contributed by atoms with E-state index in [9.17, 15) is 9.59 Å². The Morgan fingerprint density at radius 3 is 2.69 bits per heavy atom. The van der Waals surface area contributed by atoms with Gasteiger partial charge in [-0.05, 0) is 6.42 Å². The molecule has 0 radical (unpaired) electrons. The highest BCUT2D eigenvalue weighted by Crippen LogP contribution is 1.81. The van der Waals surface area contributed by atoms with Gasteiger partial charge in [-0.2, -0.15) is 0 Å². The molecule has 1 amide bonds. The molecular weight excluding hydrogens is 174 g/mol. The van der Waals surface area contributed by atoms with Crippen LogP contribution in [0.4, 0.5) is 0 Å². The first kappa shape index (κ1) is 11.9. The van der Waals surface area contributed by atoms with E-state index in [1.54, 1.807) is 0 Å². The van der Waals surface area contributed by atoms with Crippen LogP contribution in [-0.2, 0) is 14.3 Å². The molecule has 0 saturated carbocycles. The lowest BCUT2D eigenvalue weighted by atomic mass is 10.4. The number of carbonyl (C=O) groups is 2. The average molecular weight is 189 g/mol.